The van der Waals surface area contributed by atoms with Crippen LogP contribution in [0.15, 0.2) is 65.0 Å². The lowest BCUT2D eigenvalue weighted by atomic mass is 10.3. The molecule has 0 bridgehead atoms. The molecule has 2 N–H and O–H groups in total. The van der Waals surface area contributed by atoms with Crippen LogP contribution in [-0.2, 0) is 0 Å². The van der Waals surface area contributed by atoms with E-state index in [1.54, 1.807) is 24.3 Å². The van der Waals surface area contributed by atoms with Crippen molar-refractivity contribution in [3.05, 3.63) is 54.6 Å². The molecule has 0 aliphatic heterocycles. The van der Waals surface area contributed by atoms with Gasteiger partial charge in [-0.2, -0.15) is 0 Å². The maximum Gasteiger partial charge on any atom is 0.159 e. The highest BCUT2D eigenvalue weighted by atomic mass is 16.6. The van der Waals surface area contributed by atoms with Crippen molar-refractivity contribution >= 4 is 11.4 Å². The topological polar surface area (TPSA) is 60.0 Å². The molecule has 0 aliphatic rings. The van der Waals surface area contributed by atoms with Gasteiger partial charge in [-0.1, -0.05) is 18.2 Å². The summed E-state index contributed by atoms with van der Waals surface area (Å²) in [6.45, 7) is 0. The summed E-state index contributed by atoms with van der Waals surface area (Å²) in [6, 6.07) is 16.3. The Morgan fingerprint density at radius 3 is 2.25 bits per heavy atom. The first kappa shape index (κ1) is 10.2. The first-order chi connectivity index (χ1) is 7.84. The van der Waals surface area contributed by atoms with Gasteiger partial charge in [-0.3, -0.25) is 0 Å². The fourth-order valence-electron chi connectivity index (χ4n) is 1.14. The fraction of sp³-hybridized carbons (Fsp3) is 0. The molecular formula is C12H11N3O. The Balaban J connectivity index is 1.98. The second-order valence-corrected chi connectivity index (χ2v) is 3.18. The van der Waals surface area contributed by atoms with Gasteiger partial charge in [0.2, 0.25) is 0 Å². The highest BCUT2D eigenvalue weighted by Gasteiger charge is 1.90. The van der Waals surface area contributed by atoms with Crippen LogP contribution >= 0.6 is 0 Å². The van der Waals surface area contributed by atoms with E-state index in [0.29, 0.717) is 17.1 Å². The fourth-order valence-corrected chi connectivity index (χ4v) is 1.14. The first-order valence-electron chi connectivity index (χ1n) is 4.83. The summed E-state index contributed by atoms with van der Waals surface area (Å²) in [5, 5.41) is 7.52. The van der Waals surface area contributed by atoms with E-state index >= 15 is 0 Å². The number of hydrogen-bond donors (Lipinski definition) is 1. The predicted octanol–water partition coefficient (Wildman–Crippen LogP) is 3.35. The van der Waals surface area contributed by atoms with Gasteiger partial charge in [0.15, 0.2) is 5.75 Å². The zero-order chi connectivity index (χ0) is 11.2. The van der Waals surface area contributed by atoms with Crippen molar-refractivity contribution in [1.82, 2.24) is 0 Å². The lowest BCUT2D eigenvalue weighted by Gasteiger charge is -1.95. The third kappa shape index (κ3) is 2.81. The number of hydrogen-bond acceptors (Lipinski definition) is 4. The normalized spacial score (nSPS) is 10.5. The zero-order valence-electron chi connectivity index (χ0n) is 8.58. The molecule has 2 rings (SSSR count). The molecule has 2 aromatic carbocycles. The Kier molecular flexibility index (Phi) is 3.13. The Bertz CT molecular complexity index is 465. The maximum absolute atomic E-state index is 5.54. The molecule has 0 radical (unpaired) electrons. The number of nitrogens with zero attached hydrogens (tertiary/aromatic N) is 2. The summed E-state index contributed by atoms with van der Waals surface area (Å²) in [6.07, 6.45) is 0. The van der Waals surface area contributed by atoms with Gasteiger partial charge in [0.1, 0.15) is 0 Å². The predicted molar refractivity (Wildman–Crippen MR) is 62.4 cm³/mol. The lowest BCUT2D eigenvalue weighted by molar-refractivity contribution is 0.313. The molecule has 2 aromatic rings. The summed E-state index contributed by atoms with van der Waals surface area (Å²) < 4.78 is 0. The molecule has 0 heterocycles. The molecule has 0 fully saturated rings. The minimum Gasteiger partial charge on any atom is -0.399 e. The second kappa shape index (κ2) is 4.93. The quantitative estimate of drug-likeness (QED) is 0.483. The molecule has 0 unspecified atom stereocenters. The maximum atomic E-state index is 5.54. The van der Waals surface area contributed by atoms with E-state index in [1.165, 1.54) is 0 Å². The highest BCUT2D eigenvalue weighted by molar-refractivity contribution is 5.47. The van der Waals surface area contributed by atoms with Gasteiger partial charge in [-0.05, 0) is 36.4 Å². The van der Waals surface area contributed by atoms with Crippen molar-refractivity contribution < 1.29 is 4.84 Å². The molecular weight excluding hydrogens is 202 g/mol. The standard InChI is InChI=1S/C12H11N3O/c13-10-6-8-11(9-7-10)14-15-16-12-4-2-1-3-5-12/h1-9H,13H2/b15-14+. The summed E-state index contributed by atoms with van der Waals surface area (Å²) in [4.78, 5) is 5.07. The van der Waals surface area contributed by atoms with Crippen molar-refractivity contribution in [3.63, 3.8) is 0 Å². The monoisotopic (exact) mass is 213 g/mol. The second-order valence-electron chi connectivity index (χ2n) is 3.18. The number of benzene rings is 2. The van der Waals surface area contributed by atoms with E-state index in [-0.39, 0.29) is 0 Å². The van der Waals surface area contributed by atoms with Crippen LogP contribution in [-0.4, -0.2) is 0 Å². The highest BCUT2D eigenvalue weighted by Crippen LogP contribution is 2.15. The number of anilines is 1. The minimum absolute atomic E-state index is 0.654. The Morgan fingerprint density at radius 1 is 0.875 bits per heavy atom. The molecule has 4 nitrogen and oxygen atoms in total. The summed E-state index contributed by atoms with van der Waals surface area (Å²) in [7, 11) is 0. The van der Waals surface area contributed by atoms with Crippen LogP contribution in [0.3, 0.4) is 0 Å². The third-order valence-electron chi connectivity index (χ3n) is 1.94. The van der Waals surface area contributed by atoms with Gasteiger partial charge in [0.25, 0.3) is 0 Å². The smallest absolute Gasteiger partial charge is 0.159 e. The Morgan fingerprint density at radius 2 is 1.56 bits per heavy atom. The van der Waals surface area contributed by atoms with Crippen LogP contribution < -0.4 is 10.6 Å². The third-order valence-corrected chi connectivity index (χ3v) is 1.94. The van der Waals surface area contributed by atoms with Crippen LogP contribution in [0.25, 0.3) is 0 Å². The Labute approximate surface area is 93.3 Å². The van der Waals surface area contributed by atoms with E-state index in [0.717, 1.165) is 0 Å². The van der Waals surface area contributed by atoms with Gasteiger partial charge in [-0.15, -0.1) is 5.11 Å². The minimum atomic E-state index is 0.654. The molecule has 0 saturated heterocycles. The first-order valence-corrected chi connectivity index (χ1v) is 4.83. The van der Waals surface area contributed by atoms with Crippen molar-refractivity contribution in [2.24, 2.45) is 10.4 Å². The molecule has 0 spiro atoms. The van der Waals surface area contributed by atoms with Gasteiger partial charge in [0.05, 0.1) is 5.69 Å². The molecule has 0 aliphatic carbocycles. The molecule has 80 valence electrons. The molecule has 4 heteroatoms. The number of nitrogens with two attached hydrogens (primary N) is 1. The SMILES string of the molecule is Nc1ccc(/N=N/Oc2ccccc2)cc1. The molecule has 0 saturated carbocycles. The average Bonchev–Trinajstić information content (AvgIpc) is 2.33. The van der Waals surface area contributed by atoms with Crippen molar-refractivity contribution in [3.8, 4) is 5.75 Å². The van der Waals surface area contributed by atoms with E-state index in [9.17, 15) is 0 Å². The zero-order valence-corrected chi connectivity index (χ0v) is 8.58. The van der Waals surface area contributed by atoms with Crippen LogP contribution in [0.5, 0.6) is 5.75 Å². The number of para-hydroxylation sites is 1. The van der Waals surface area contributed by atoms with Crippen LogP contribution in [0.4, 0.5) is 11.4 Å². The average molecular weight is 213 g/mol. The van der Waals surface area contributed by atoms with Crippen molar-refractivity contribution in [2.45, 2.75) is 0 Å². The van der Waals surface area contributed by atoms with Crippen LogP contribution in [0.1, 0.15) is 0 Å². The van der Waals surface area contributed by atoms with Gasteiger partial charge >= 0.3 is 0 Å². The Hall–Kier alpha value is -2.36. The number of rotatable bonds is 3. The van der Waals surface area contributed by atoms with Crippen molar-refractivity contribution in [1.29, 1.82) is 0 Å². The van der Waals surface area contributed by atoms with E-state index in [2.05, 4.69) is 10.4 Å². The summed E-state index contributed by atoms with van der Waals surface area (Å²) in [5.41, 5.74) is 6.94. The number of nitrogen functional groups attached to an aromatic ring is 1. The molecule has 0 atom stereocenters. The van der Waals surface area contributed by atoms with Crippen molar-refractivity contribution in [2.75, 3.05) is 5.73 Å². The van der Waals surface area contributed by atoms with E-state index in [4.69, 9.17) is 10.6 Å². The molecule has 0 aromatic heterocycles. The van der Waals surface area contributed by atoms with Crippen LogP contribution in [0.2, 0.25) is 0 Å². The van der Waals surface area contributed by atoms with Gasteiger partial charge in [-0.25, -0.2) is 0 Å². The largest absolute Gasteiger partial charge is 0.399 e. The molecule has 0 amide bonds. The summed E-state index contributed by atoms with van der Waals surface area (Å²) in [5.74, 6) is 0.654. The summed E-state index contributed by atoms with van der Waals surface area (Å²) >= 11 is 0. The van der Waals surface area contributed by atoms with Gasteiger partial charge in [0, 0.05) is 11.0 Å². The van der Waals surface area contributed by atoms with Crippen LogP contribution in [0, 0.1) is 0 Å². The van der Waals surface area contributed by atoms with E-state index < -0.39 is 0 Å². The lowest BCUT2D eigenvalue weighted by Crippen LogP contribution is -1.81. The van der Waals surface area contributed by atoms with E-state index in [1.807, 2.05) is 30.3 Å². The van der Waals surface area contributed by atoms with Gasteiger partial charge < -0.3 is 10.6 Å². The molecule has 16 heavy (non-hydrogen) atoms.